The topological polar surface area (TPSA) is 120 Å². The number of aromatic amines is 1. The Morgan fingerprint density at radius 1 is 1.17 bits per heavy atom. The van der Waals surface area contributed by atoms with E-state index in [1.807, 2.05) is 66.9 Å². The average molecular weight is 523 g/mol. The highest BCUT2D eigenvalue weighted by molar-refractivity contribution is 7.84. The molecule has 0 amide bonds. The van der Waals surface area contributed by atoms with Gasteiger partial charge in [0.1, 0.15) is 10.4 Å². The Labute approximate surface area is 212 Å². The van der Waals surface area contributed by atoms with Crippen LogP contribution >= 0.6 is 11.3 Å². The zero-order valence-electron chi connectivity index (χ0n) is 19.7. The van der Waals surface area contributed by atoms with Gasteiger partial charge >= 0.3 is 11.7 Å². The second-order valence-electron chi connectivity index (χ2n) is 7.98. The molecule has 0 aliphatic heterocycles. The summed E-state index contributed by atoms with van der Waals surface area (Å²) in [6.45, 7) is 4.12. The van der Waals surface area contributed by atoms with Gasteiger partial charge in [-0.1, -0.05) is 60.6 Å². The van der Waals surface area contributed by atoms with Crippen LogP contribution in [0.15, 0.2) is 63.0 Å². The average Bonchev–Trinajstić information content (AvgIpc) is 3.59. The van der Waals surface area contributed by atoms with Crippen LogP contribution in [0.4, 0.5) is 0 Å². The van der Waals surface area contributed by atoms with Crippen molar-refractivity contribution in [3.8, 4) is 22.5 Å². The smallest absolute Gasteiger partial charge is 0.439 e. The summed E-state index contributed by atoms with van der Waals surface area (Å²) in [4.78, 5) is 32.5. The number of nitrogens with zero attached hydrogens (tertiary/aromatic N) is 3. The first-order valence-corrected chi connectivity index (χ1v) is 13.3. The van der Waals surface area contributed by atoms with Crippen LogP contribution in [0.1, 0.15) is 27.0 Å². The number of rotatable bonds is 7. The number of hydrogen-bond donors (Lipinski definition) is 1. The van der Waals surface area contributed by atoms with Gasteiger partial charge in [-0.05, 0) is 23.6 Å². The van der Waals surface area contributed by atoms with Crippen LogP contribution in [0.25, 0.3) is 33.5 Å². The van der Waals surface area contributed by atoms with Crippen molar-refractivity contribution in [3.63, 3.8) is 0 Å². The third kappa shape index (κ3) is 4.20. The van der Waals surface area contributed by atoms with Crippen molar-refractivity contribution in [2.24, 2.45) is 0 Å². The molecule has 0 fully saturated rings. The molecule has 5 rings (SSSR count). The normalized spacial score (nSPS) is 12.2. The molecule has 0 aliphatic rings. The largest absolute Gasteiger partial charge is 0.465 e. The number of H-pyrrole nitrogens is 1. The molecule has 1 unspecified atom stereocenters. The Balaban J connectivity index is 1.55. The summed E-state index contributed by atoms with van der Waals surface area (Å²) >= 11 is 1.33. The summed E-state index contributed by atoms with van der Waals surface area (Å²) in [5.74, 6) is -0.284. The van der Waals surface area contributed by atoms with Gasteiger partial charge in [0.25, 0.3) is 0 Å². The lowest BCUT2D eigenvalue weighted by atomic mass is 9.98. The van der Waals surface area contributed by atoms with Gasteiger partial charge in [-0.2, -0.15) is 0 Å². The lowest BCUT2D eigenvalue weighted by Crippen LogP contribution is -2.10. The first-order chi connectivity index (χ1) is 17.4. The number of nitrogens with one attached hydrogen (secondary N) is 1. The number of imidazole rings is 1. The number of hydrogen-bond acceptors (Lipinski definition) is 8. The SMILES string of the molecule is CCS(=O)c1nc2c(C)sc(C(=O)OC)c2n1Cc1ccc(-c2ccccc2-c2noc(=O)[nH]2)cc1. The van der Waals surface area contributed by atoms with E-state index in [4.69, 9.17) is 4.74 Å². The highest BCUT2D eigenvalue weighted by Crippen LogP contribution is 2.34. The van der Waals surface area contributed by atoms with E-state index in [1.54, 1.807) is 0 Å². The van der Waals surface area contributed by atoms with Crippen molar-refractivity contribution in [2.75, 3.05) is 12.9 Å². The van der Waals surface area contributed by atoms with Crippen molar-refractivity contribution >= 4 is 39.1 Å². The number of carbonyl (C=O) groups is 1. The monoisotopic (exact) mass is 522 g/mol. The minimum absolute atomic E-state index is 0.357. The van der Waals surface area contributed by atoms with Crippen LogP contribution in [-0.4, -0.2) is 42.7 Å². The molecule has 9 nitrogen and oxygen atoms in total. The number of esters is 1. The van der Waals surface area contributed by atoms with Crippen molar-refractivity contribution < 1.29 is 18.3 Å². The Hall–Kier alpha value is -3.83. The van der Waals surface area contributed by atoms with Crippen LogP contribution < -0.4 is 5.76 Å². The number of fused-ring (bicyclic) bond motifs is 1. The van der Waals surface area contributed by atoms with Gasteiger partial charge in [0.05, 0.1) is 30.0 Å². The maximum Gasteiger partial charge on any atom is 0.439 e. The predicted molar refractivity (Wildman–Crippen MR) is 138 cm³/mol. The Morgan fingerprint density at radius 2 is 1.89 bits per heavy atom. The quantitative estimate of drug-likeness (QED) is 0.315. The summed E-state index contributed by atoms with van der Waals surface area (Å²) in [5, 5.41) is 4.25. The molecule has 3 aromatic heterocycles. The summed E-state index contributed by atoms with van der Waals surface area (Å²) in [7, 11) is 0.0323. The van der Waals surface area contributed by atoms with E-state index in [9.17, 15) is 13.8 Å². The number of ether oxygens (including phenoxy) is 1. The number of benzene rings is 2. The molecule has 184 valence electrons. The molecular formula is C25H22N4O5S2. The van der Waals surface area contributed by atoms with E-state index in [-0.39, 0.29) is 0 Å². The maximum absolute atomic E-state index is 12.8. The molecule has 1 N–H and O–H groups in total. The number of thiophene rings is 1. The van der Waals surface area contributed by atoms with E-state index in [2.05, 4.69) is 19.6 Å². The van der Waals surface area contributed by atoms with Crippen molar-refractivity contribution in [1.29, 1.82) is 0 Å². The van der Waals surface area contributed by atoms with Gasteiger partial charge in [-0.15, -0.1) is 11.3 Å². The molecule has 0 bridgehead atoms. The summed E-state index contributed by atoms with van der Waals surface area (Å²) in [6.07, 6.45) is 0. The second-order valence-corrected chi connectivity index (χ2v) is 10.8. The third-order valence-corrected chi connectivity index (χ3v) is 8.11. The van der Waals surface area contributed by atoms with Crippen molar-refractivity contribution in [2.45, 2.75) is 25.5 Å². The summed E-state index contributed by atoms with van der Waals surface area (Å²) < 4.78 is 24.4. The van der Waals surface area contributed by atoms with Crippen LogP contribution in [-0.2, 0) is 22.1 Å². The molecule has 1 atom stereocenters. The molecule has 11 heteroatoms. The van der Waals surface area contributed by atoms with Gasteiger partial charge < -0.3 is 9.30 Å². The van der Waals surface area contributed by atoms with Gasteiger partial charge in [-0.3, -0.25) is 13.7 Å². The molecule has 36 heavy (non-hydrogen) atoms. The van der Waals surface area contributed by atoms with Crippen LogP contribution in [0.5, 0.6) is 0 Å². The van der Waals surface area contributed by atoms with Gasteiger partial charge in [0.15, 0.2) is 11.0 Å². The first kappa shape index (κ1) is 23.9. The fraction of sp³-hybridized carbons (Fsp3) is 0.200. The van der Waals surface area contributed by atoms with Gasteiger partial charge in [-0.25, -0.2) is 14.6 Å². The van der Waals surface area contributed by atoms with Crippen LogP contribution in [0.3, 0.4) is 0 Å². The first-order valence-electron chi connectivity index (χ1n) is 11.1. The van der Waals surface area contributed by atoms with Crippen molar-refractivity contribution in [1.82, 2.24) is 19.7 Å². The molecule has 0 saturated heterocycles. The Bertz CT molecular complexity index is 1660. The van der Waals surface area contributed by atoms with E-state index in [1.165, 1.54) is 18.4 Å². The maximum atomic E-state index is 12.8. The summed E-state index contributed by atoms with van der Waals surface area (Å²) in [5.41, 5.74) is 4.81. The summed E-state index contributed by atoms with van der Waals surface area (Å²) in [6, 6.07) is 15.5. The number of carbonyl (C=O) groups excluding carboxylic acids is 1. The molecule has 5 aromatic rings. The second kappa shape index (κ2) is 9.67. The Morgan fingerprint density at radius 3 is 2.53 bits per heavy atom. The van der Waals surface area contributed by atoms with E-state index in [0.717, 1.165) is 27.1 Å². The minimum atomic E-state index is -1.32. The highest BCUT2D eigenvalue weighted by Gasteiger charge is 2.25. The van der Waals surface area contributed by atoms with E-state index < -0.39 is 22.5 Å². The van der Waals surface area contributed by atoms with Gasteiger partial charge in [0.2, 0.25) is 0 Å². The molecule has 0 saturated carbocycles. The minimum Gasteiger partial charge on any atom is -0.465 e. The van der Waals surface area contributed by atoms with E-state index in [0.29, 0.717) is 39.2 Å². The van der Waals surface area contributed by atoms with E-state index >= 15 is 0 Å². The lowest BCUT2D eigenvalue weighted by Gasteiger charge is -2.11. The zero-order chi connectivity index (χ0) is 25.4. The molecule has 2 aromatic carbocycles. The fourth-order valence-electron chi connectivity index (χ4n) is 4.10. The predicted octanol–water partition coefficient (Wildman–Crippen LogP) is 4.38. The molecular weight excluding hydrogens is 500 g/mol. The molecule has 0 radical (unpaired) electrons. The number of methoxy groups -OCH3 is 1. The zero-order valence-corrected chi connectivity index (χ0v) is 21.4. The van der Waals surface area contributed by atoms with Crippen LogP contribution in [0, 0.1) is 6.92 Å². The molecule has 3 heterocycles. The number of aryl methyl sites for hydroxylation is 1. The molecule has 0 spiro atoms. The van der Waals surface area contributed by atoms with Gasteiger partial charge in [0, 0.05) is 16.2 Å². The lowest BCUT2D eigenvalue weighted by molar-refractivity contribution is 0.0607. The standard InChI is InChI=1S/C25H22N4O5S2/c1-4-36(32)24-26-19-14(2)35-21(23(30)33-3)20(19)29(24)13-15-9-11-16(12-10-15)17-7-5-6-8-18(17)22-27-25(31)34-28-22/h5-12H,4,13H2,1-3H3,(H,27,28,31). The third-order valence-electron chi connectivity index (χ3n) is 5.80. The van der Waals surface area contributed by atoms with Crippen LogP contribution in [0.2, 0.25) is 0 Å². The Kier molecular flexibility index (Phi) is 6.42. The highest BCUT2D eigenvalue weighted by atomic mass is 32.2. The fourth-order valence-corrected chi connectivity index (χ4v) is 5.97. The number of aromatic nitrogens is 4. The molecule has 0 aliphatic carbocycles. The van der Waals surface area contributed by atoms with Crippen molar-refractivity contribution in [3.05, 3.63) is 74.4 Å².